The average molecular weight is 284 g/mol. The molecule has 2 aromatic carbocycles. The number of para-hydroxylation sites is 1. The fourth-order valence-corrected chi connectivity index (χ4v) is 2.85. The fraction of sp³-hybridized carbons (Fsp3) is 0.188. The number of fused-ring (bicyclic) bond motifs is 1. The SMILES string of the molecule is CSc1cccc(-c2cccc3c2NCCC(=O)N3)c1. The second-order valence-electron chi connectivity index (χ2n) is 4.69. The molecule has 0 unspecified atom stereocenters. The Morgan fingerprint density at radius 3 is 2.85 bits per heavy atom. The van der Waals surface area contributed by atoms with E-state index in [1.54, 1.807) is 11.8 Å². The Hall–Kier alpha value is -1.94. The van der Waals surface area contributed by atoms with Crippen LogP contribution < -0.4 is 10.6 Å². The van der Waals surface area contributed by atoms with Crippen LogP contribution in [0.1, 0.15) is 6.42 Å². The van der Waals surface area contributed by atoms with Gasteiger partial charge in [0.1, 0.15) is 0 Å². The highest BCUT2D eigenvalue weighted by Gasteiger charge is 2.15. The quantitative estimate of drug-likeness (QED) is 0.823. The predicted molar refractivity (Wildman–Crippen MR) is 85.4 cm³/mol. The normalized spacial score (nSPS) is 13.9. The lowest BCUT2D eigenvalue weighted by Gasteiger charge is -2.14. The highest BCUT2D eigenvalue weighted by molar-refractivity contribution is 7.98. The van der Waals surface area contributed by atoms with Gasteiger partial charge in [-0.05, 0) is 30.0 Å². The topological polar surface area (TPSA) is 41.1 Å². The average Bonchev–Trinajstić information content (AvgIpc) is 2.67. The van der Waals surface area contributed by atoms with Gasteiger partial charge in [-0.2, -0.15) is 0 Å². The van der Waals surface area contributed by atoms with Gasteiger partial charge in [0.25, 0.3) is 0 Å². The zero-order valence-corrected chi connectivity index (χ0v) is 12.1. The molecule has 4 heteroatoms. The molecule has 1 heterocycles. The standard InChI is InChI=1S/C16H16N2OS/c1-20-12-5-2-4-11(10-12)13-6-3-7-14-16(13)17-9-8-15(19)18-14/h2-7,10,17H,8-9H2,1H3,(H,18,19). The smallest absolute Gasteiger partial charge is 0.226 e. The maximum atomic E-state index is 11.6. The molecule has 1 aliphatic rings. The number of rotatable bonds is 2. The van der Waals surface area contributed by atoms with E-state index >= 15 is 0 Å². The minimum atomic E-state index is 0.0614. The van der Waals surface area contributed by atoms with Crippen molar-refractivity contribution in [2.24, 2.45) is 0 Å². The van der Waals surface area contributed by atoms with E-state index in [1.165, 1.54) is 4.90 Å². The molecule has 20 heavy (non-hydrogen) atoms. The van der Waals surface area contributed by atoms with E-state index in [2.05, 4.69) is 47.2 Å². The number of anilines is 2. The van der Waals surface area contributed by atoms with Crippen LogP contribution in [0.25, 0.3) is 11.1 Å². The summed E-state index contributed by atoms with van der Waals surface area (Å²) in [4.78, 5) is 12.9. The zero-order valence-electron chi connectivity index (χ0n) is 11.3. The molecular formula is C16H16N2OS. The Bertz CT molecular complexity index is 655. The van der Waals surface area contributed by atoms with Crippen molar-refractivity contribution >= 4 is 29.0 Å². The first kappa shape index (κ1) is 13.1. The van der Waals surface area contributed by atoms with Gasteiger partial charge in [0.05, 0.1) is 11.4 Å². The number of nitrogens with one attached hydrogen (secondary N) is 2. The number of benzene rings is 2. The van der Waals surface area contributed by atoms with Crippen molar-refractivity contribution < 1.29 is 4.79 Å². The summed E-state index contributed by atoms with van der Waals surface area (Å²) < 4.78 is 0. The second kappa shape index (κ2) is 5.59. The van der Waals surface area contributed by atoms with Gasteiger partial charge >= 0.3 is 0 Å². The molecule has 0 fully saturated rings. The molecule has 0 atom stereocenters. The van der Waals surface area contributed by atoms with Gasteiger partial charge in [-0.15, -0.1) is 11.8 Å². The molecule has 2 aromatic rings. The first-order chi connectivity index (χ1) is 9.78. The number of amides is 1. The lowest BCUT2D eigenvalue weighted by Crippen LogP contribution is -2.10. The predicted octanol–water partition coefficient (Wildman–Crippen LogP) is 3.83. The fourth-order valence-electron chi connectivity index (χ4n) is 2.39. The molecule has 1 amide bonds. The van der Waals surface area contributed by atoms with E-state index in [4.69, 9.17) is 0 Å². The van der Waals surface area contributed by atoms with Gasteiger partial charge in [0.15, 0.2) is 0 Å². The van der Waals surface area contributed by atoms with Gasteiger partial charge in [0, 0.05) is 23.4 Å². The third-order valence-corrected chi connectivity index (χ3v) is 4.10. The van der Waals surface area contributed by atoms with Gasteiger partial charge < -0.3 is 10.6 Å². The highest BCUT2D eigenvalue weighted by Crippen LogP contribution is 2.36. The Labute approximate surface area is 122 Å². The van der Waals surface area contributed by atoms with E-state index in [1.807, 2.05) is 12.1 Å². The van der Waals surface area contributed by atoms with Gasteiger partial charge in [-0.25, -0.2) is 0 Å². The summed E-state index contributed by atoms with van der Waals surface area (Å²) in [5, 5.41) is 6.32. The Morgan fingerprint density at radius 1 is 1.15 bits per heavy atom. The Balaban J connectivity index is 2.10. The summed E-state index contributed by atoms with van der Waals surface area (Å²) in [6.45, 7) is 0.665. The summed E-state index contributed by atoms with van der Waals surface area (Å²) in [6.07, 6.45) is 2.57. The van der Waals surface area contributed by atoms with Crippen molar-refractivity contribution in [2.45, 2.75) is 11.3 Å². The van der Waals surface area contributed by atoms with E-state index in [-0.39, 0.29) is 5.91 Å². The Morgan fingerprint density at radius 2 is 2.00 bits per heavy atom. The molecule has 0 saturated carbocycles. The number of hydrogen-bond acceptors (Lipinski definition) is 3. The van der Waals surface area contributed by atoms with Crippen molar-refractivity contribution in [3.05, 3.63) is 42.5 Å². The molecule has 0 aromatic heterocycles. The third-order valence-electron chi connectivity index (χ3n) is 3.37. The molecule has 3 nitrogen and oxygen atoms in total. The molecule has 102 valence electrons. The summed E-state index contributed by atoms with van der Waals surface area (Å²) in [7, 11) is 0. The highest BCUT2D eigenvalue weighted by atomic mass is 32.2. The van der Waals surface area contributed by atoms with Crippen LogP contribution in [0.4, 0.5) is 11.4 Å². The monoisotopic (exact) mass is 284 g/mol. The van der Waals surface area contributed by atoms with E-state index in [9.17, 15) is 4.79 Å². The summed E-state index contributed by atoms with van der Waals surface area (Å²) >= 11 is 1.73. The first-order valence-electron chi connectivity index (χ1n) is 6.59. The third kappa shape index (κ3) is 2.51. The van der Waals surface area contributed by atoms with Crippen molar-refractivity contribution in [1.82, 2.24) is 0 Å². The minimum absolute atomic E-state index is 0.0614. The summed E-state index contributed by atoms with van der Waals surface area (Å²) in [6, 6.07) is 14.4. The summed E-state index contributed by atoms with van der Waals surface area (Å²) in [5.41, 5.74) is 4.16. The van der Waals surface area contributed by atoms with Crippen LogP contribution in [-0.2, 0) is 4.79 Å². The van der Waals surface area contributed by atoms with E-state index in [0.29, 0.717) is 13.0 Å². The minimum Gasteiger partial charge on any atom is -0.382 e. The first-order valence-corrected chi connectivity index (χ1v) is 7.81. The van der Waals surface area contributed by atoms with Gasteiger partial charge in [0.2, 0.25) is 5.91 Å². The van der Waals surface area contributed by atoms with Crippen LogP contribution in [0.3, 0.4) is 0 Å². The van der Waals surface area contributed by atoms with E-state index < -0.39 is 0 Å². The molecule has 1 aliphatic heterocycles. The van der Waals surface area contributed by atoms with Crippen LogP contribution in [0.5, 0.6) is 0 Å². The number of carbonyl (C=O) groups excluding carboxylic acids is 1. The van der Waals surface area contributed by atoms with Crippen molar-refractivity contribution in [1.29, 1.82) is 0 Å². The van der Waals surface area contributed by atoms with Crippen LogP contribution in [0.15, 0.2) is 47.4 Å². The molecule has 0 spiro atoms. The zero-order chi connectivity index (χ0) is 13.9. The van der Waals surface area contributed by atoms with Crippen LogP contribution in [-0.4, -0.2) is 18.7 Å². The molecule has 0 radical (unpaired) electrons. The largest absolute Gasteiger partial charge is 0.382 e. The summed E-state index contributed by atoms with van der Waals surface area (Å²) in [5.74, 6) is 0.0614. The molecule has 0 aliphatic carbocycles. The molecule has 3 rings (SSSR count). The van der Waals surface area contributed by atoms with Gasteiger partial charge in [-0.3, -0.25) is 4.79 Å². The van der Waals surface area contributed by atoms with Gasteiger partial charge in [-0.1, -0.05) is 24.3 Å². The Kier molecular flexibility index (Phi) is 3.65. The van der Waals surface area contributed by atoms with Crippen LogP contribution in [0.2, 0.25) is 0 Å². The number of hydrogen-bond donors (Lipinski definition) is 2. The molecular weight excluding hydrogens is 268 g/mol. The lowest BCUT2D eigenvalue weighted by molar-refractivity contribution is -0.115. The molecule has 2 N–H and O–H groups in total. The van der Waals surface area contributed by atoms with Crippen molar-refractivity contribution in [3.8, 4) is 11.1 Å². The van der Waals surface area contributed by atoms with E-state index in [0.717, 1.165) is 22.5 Å². The van der Waals surface area contributed by atoms with Crippen molar-refractivity contribution in [3.63, 3.8) is 0 Å². The second-order valence-corrected chi connectivity index (χ2v) is 5.56. The number of carbonyl (C=O) groups is 1. The van der Waals surface area contributed by atoms with Crippen molar-refractivity contribution in [2.75, 3.05) is 23.4 Å². The molecule has 0 bridgehead atoms. The number of thioether (sulfide) groups is 1. The van der Waals surface area contributed by atoms with Crippen LogP contribution in [0, 0.1) is 0 Å². The maximum absolute atomic E-state index is 11.6. The molecule has 0 saturated heterocycles. The lowest BCUT2D eigenvalue weighted by atomic mass is 10.0. The maximum Gasteiger partial charge on any atom is 0.226 e. The van der Waals surface area contributed by atoms with Crippen LogP contribution >= 0.6 is 11.8 Å².